The Hall–Kier alpha value is -2.73. The van der Waals surface area contributed by atoms with Gasteiger partial charge in [-0.2, -0.15) is 0 Å². The Balaban J connectivity index is 1.74. The van der Waals surface area contributed by atoms with Gasteiger partial charge in [0, 0.05) is 35.3 Å². The summed E-state index contributed by atoms with van der Waals surface area (Å²) in [5, 5.41) is 5.19. The molecule has 6 heteroatoms. The lowest BCUT2D eigenvalue weighted by atomic mass is 10.0. The molecule has 0 saturated heterocycles. The Morgan fingerprint density at radius 2 is 1.96 bits per heavy atom. The van der Waals surface area contributed by atoms with Gasteiger partial charge in [-0.25, -0.2) is 4.98 Å². The van der Waals surface area contributed by atoms with Crippen molar-refractivity contribution >= 4 is 22.4 Å². The van der Waals surface area contributed by atoms with Crippen LogP contribution in [0.1, 0.15) is 42.6 Å². The third-order valence-corrected chi connectivity index (χ3v) is 4.95. The predicted octanol–water partition coefficient (Wildman–Crippen LogP) is 4.37. The zero-order valence-corrected chi connectivity index (χ0v) is 15.8. The first kappa shape index (κ1) is 18.1. The minimum absolute atomic E-state index is 0.190. The standard InChI is InChI=1S/C20H21N3O2S/c1-4-23-10-9-16(11-18(23)24)19(25)22-20-21-17(12-26-20)15-7-5-14(6-8-15)13(2)3/h5-13H,4H2,1-3H3,(H,21,22,25). The van der Waals surface area contributed by atoms with Crippen LogP contribution in [0.5, 0.6) is 0 Å². The van der Waals surface area contributed by atoms with E-state index in [9.17, 15) is 9.59 Å². The monoisotopic (exact) mass is 367 g/mol. The predicted molar refractivity (Wildman–Crippen MR) is 106 cm³/mol. The van der Waals surface area contributed by atoms with E-state index in [-0.39, 0.29) is 11.5 Å². The second-order valence-corrected chi connectivity index (χ2v) is 7.17. The Morgan fingerprint density at radius 3 is 2.58 bits per heavy atom. The Morgan fingerprint density at radius 1 is 1.23 bits per heavy atom. The van der Waals surface area contributed by atoms with Crippen molar-refractivity contribution in [3.8, 4) is 11.3 Å². The van der Waals surface area contributed by atoms with E-state index in [4.69, 9.17) is 0 Å². The molecule has 2 aromatic heterocycles. The Bertz CT molecular complexity index is 971. The number of rotatable bonds is 5. The van der Waals surface area contributed by atoms with Gasteiger partial charge in [0.2, 0.25) is 0 Å². The third-order valence-electron chi connectivity index (χ3n) is 4.20. The topological polar surface area (TPSA) is 64.0 Å². The van der Waals surface area contributed by atoms with E-state index in [0.717, 1.165) is 11.3 Å². The van der Waals surface area contributed by atoms with Gasteiger partial charge in [0.05, 0.1) is 5.69 Å². The van der Waals surface area contributed by atoms with Crippen LogP contribution in [-0.4, -0.2) is 15.5 Å². The van der Waals surface area contributed by atoms with E-state index in [0.29, 0.717) is 23.2 Å². The summed E-state index contributed by atoms with van der Waals surface area (Å²) in [6.07, 6.45) is 1.63. The van der Waals surface area contributed by atoms with Gasteiger partial charge < -0.3 is 4.57 Å². The first-order chi connectivity index (χ1) is 12.5. The van der Waals surface area contributed by atoms with Gasteiger partial charge in [-0.1, -0.05) is 38.1 Å². The highest BCUT2D eigenvalue weighted by atomic mass is 32.1. The van der Waals surface area contributed by atoms with Gasteiger partial charge in [-0.05, 0) is 24.5 Å². The maximum absolute atomic E-state index is 12.3. The molecular formula is C20H21N3O2S. The minimum Gasteiger partial charge on any atom is -0.316 e. The van der Waals surface area contributed by atoms with E-state index in [2.05, 4.69) is 36.3 Å². The lowest BCUT2D eigenvalue weighted by Crippen LogP contribution is -2.21. The molecule has 134 valence electrons. The second-order valence-electron chi connectivity index (χ2n) is 6.31. The fourth-order valence-corrected chi connectivity index (χ4v) is 3.30. The highest BCUT2D eigenvalue weighted by Gasteiger charge is 2.11. The summed E-state index contributed by atoms with van der Waals surface area (Å²) in [7, 11) is 0. The summed E-state index contributed by atoms with van der Waals surface area (Å²) in [5.41, 5.74) is 3.25. The number of hydrogen-bond donors (Lipinski definition) is 1. The van der Waals surface area contributed by atoms with Crippen LogP contribution >= 0.6 is 11.3 Å². The van der Waals surface area contributed by atoms with Gasteiger partial charge in [0.15, 0.2) is 5.13 Å². The molecular weight excluding hydrogens is 346 g/mol. The second kappa shape index (κ2) is 7.66. The summed E-state index contributed by atoms with van der Waals surface area (Å²) in [4.78, 5) is 28.7. The third kappa shape index (κ3) is 3.91. The van der Waals surface area contributed by atoms with Gasteiger partial charge in [-0.15, -0.1) is 11.3 Å². The summed E-state index contributed by atoms with van der Waals surface area (Å²) in [6, 6.07) is 11.3. The fourth-order valence-electron chi connectivity index (χ4n) is 2.58. The molecule has 0 unspecified atom stereocenters. The lowest BCUT2D eigenvalue weighted by Gasteiger charge is -2.05. The highest BCUT2D eigenvalue weighted by Crippen LogP contribution is 2.26. The number of nitrogens with one attached hydrogen (secondary N) is 1. The molecule has 2 heterocycles. The molecule has 3 aromatic rings. The van der Waals surface area contributed by atoms with Crippen LogP contribution in [0.2, 0.25) is 0 Å². The maximum atomic E-state index is 12.3. The van der Waals surface area contributed by atoms with Crippen molar-refractivity contribution in [1.82, 2.24) is 9.55 Å². The smallest absolute Gasteiger partial charge is 0.257 e. The van der Waals surface area contributed by atoms with Crippen LogP contribution in [0.25, 0.3) is 11.3 Å². The number of carbonyl (C=O) groups is 1. The molecule has 0 spiro atoms. The number of anilines is 1. The molecule has 3 rings (SSSR count). The van der Waals surface area contributed by atoms with Gasteiger partial charge in [-0.3, -0.25) is 14.9 Å². The zero-order chi connectivity index (χ0) is 18.7. The number of pyridine rings is 1. The molecule has 0 atom stereocenters. The summed E-state index contributed by atoms with van der Waals surface area (Å²) in [5.74, 6) is 0.152. The number of hydrogen-bond acceptors (Lipinski definition) is 4. The van der Waals surface area contributed by atoms with Gasteiger partial charge >= 0.3 is 0 Å². The Kier molecular flexibility index (Phi) is 5.32. The van der Waals surface area contributed by atoms with E-state index in [1.165, 1.54) is 23.0 Å². The molecule has 1 aromatic carbocycles. The molecule has 1 amide bonds. The van der Waals surface area contributed by atoms with Crippen molar-refractivity contribution < 1.29 is 4.79 Å². The molecule has 0 aliphatic carbocycles. The van der Waals surface area contributed by atoms with E-state index in [1.54, 1.807) is 16.8 Å². The maximum Gasteiger partial charge on any atom is 0.257 e. The van der Waals surface area contributed by atoms with E-state index in [1.807, 2.05) is 24.4 Å². The molecule has 1 N–H and O–H groups in total. The van der Waals surface area contributed by atoms with E-state index >= 15 is 0 Å². The van der Waals surface area contributed by atoms with Crippen molar-refractivity contribution in [2.75, 3.05) is 5.32 Å². The average molecular weight is 367 g/mol. The number of aromatic nitrogens is 2. The molecule has 0 fully saturated rings. The molecule has 5 nitrogen and oxygen atoms in total. The number of carbonyl (C=O) groups excluding carboxylic acids is 1. The highest BCUT2D eigenvalue weighted by molar-refractivity contribution is 7.14. The van der Waals surface area contributed by atoms with Crippen LogP contribution in [0.3, 0.4) is 0 Å². The molecule has 0 aliphatic heterocycles. The summed E-state index contributed by atoms with van der Waals surface area (Å²) >= 11 is 1.36. The van der Waals surface area contributed by atoms with Crippen LogP contribution in [-0.2, 0) is 6.54 Å². The SMILES string of the molecule is CCn1ccc(C(=O)Nc2nc(-c3ccc(C(C)C)cc3)cs2)cc1=O. The van der Waals surface area contributed by atoms with Gasteiger partial charge in [0.1, 0.15) is 0 Å². The first-order valence-corrected chi connectivity index (χ1v) is 9.43. The molecule has 0 aliphatic rings. The number of amides is 1. The van der Waals surface area contributed by atoms with Gasteiger partial charge in [0.25, 0.3) is 11.5 Å². The molecule has 0 radical (unpaired) electrons. The van der Waals surface area contributed by atoms with Crippen molar-refractivity contribution in [3.63, 3.8) is 0 Å². The van der Waals surface area contributed by atoms with Crippen molar-refractivity contribution in [2.24, 2.45) is 0 Å². The average Bonchev–Trinajstić information content (AvgIpc) is 3.10. The molecule has 0 bridgehead atoms. The number of aryl methyl sites for hydroxylation is 1. The zero-order valence-electron chi connectivity index (χ0n) is 15.0. The first-order valence-electron chi connectivity index (χ1n) is 8.55. The quantitative estimate of drug-likeness (QED) is 0.728. The number of thiazole rings is 1. The molecule has 26 heavy (non-hydrogen) atoms. The molecule has 0 saturated carbocycles. The Labute approximate surface area is 156 Å². The van der Waals surface area contributed by atoms with Crippen molar-refractivity contribution in [1.29, 1.82) is 0 Å². The van der Waals surface area contributed by atoms with Crippen LogP contribution in [0.15, 0.2) is 52.8 Å². The van der Waals surface area contributed by atoms with Crippen molar-refractivity contribution in [2.45, 2.75) is 33.2 Å². The number of nitrogens with zero attached hydrogens (tertiary/aromatic N) is 2. The lowest BCUT2D eigenvalue weighted by molar-refractivity contribution is 0.102. The normalized spacial score (nSPS) is 10.9. The van der Waals surface area contributed by atoms with Crippen LogP contribution in [0, 0.1) is 0 Å². The van der Waals surface area contributed by atoms with Crippen LogP contribution < -0.4 is 10.9 Å². The number of benzene rings is 1. The van der Waals surface area contributed by atoms with Crippen LogP contribution in [0.4, 0.5) is 5.13 Å². The fraction of sp³-hybridized carbons (Fsp3) is 0.250. The minimum atomic E-state index is -0.332. The van der Waals surface area contributed by atoms with E-state index < -0.39 is 0 Å². The van der Waals surface area contributed by atoms with Crippen molar-refractivity contribution in [3.05, 3.63) is 69.5 Å². The summed E-state index contributed by atoms with van der Waals surface area (Å²) < 4.78 is 1.54. The largest absolute Gasteiger partial charge is 0.316 e. The summed E-state index contributed by atoms with van der Waals surface area (Å²) in [6.45, 7) is 6.77.